The molecule has 1 aromatic rings. The summed E-state index contributed by atoms with van der Waals surface area (Å²) in [4.78, 5) is 1.26. The predicted molar refractivity (Wildman–Crippen MR) is 111 cm³/mol. The highest BCUT2D eigenvalue weighted by atomic mass is 32.2. The molecule has 6 heteroatoms. The molecule has 0 aliphatic carbocycles. The monoisotopic (exact) mass is 408 g/mol. The smallest absolute Gasteiger partial charge is 0.111 e. The Hall–Kier alpha value is -0.890. The second kappa shape index (κ2) is 8.46. The SMILES string of the molecule is CC1=C(Cc2ccc(C(C)(C)C)cc2)SC([C@@H]2O[C@H](CO)[C@@H](O)[C@H](O)[C@H]2O)C1. The van der Waals surface area contributed by atoms with Gasteiger partial charge in [0, 0.05) is 11.7 Å². The molecule has 2 heterocycles. The van der Waals surface area contributed by atoms with Crippen LogP contribution in [0.5, 0.6) is 0 Å². The van der Waals surface area contributed by atoms with E-state index >= 15 is 0 Å². The molecule has 0 radical (unpaired) electrons. The second-order valence-corrected chi connectivity index (χ2v) is 10.3. The Balaban J connectivity index is 1.67. The third kappa shape index (κ3) is 4.48. The van der Waals surface area contributed by atoms with E-state index in [2.05, 4.69) is 52.0 Å². The van der Waals surface area contributed by atoms with Crippen molar-refractivity contribution < 1.29 is 25.2 Å². The standard InChI is InChI=1S/C22H32O5S/c1-12-9-17(21-20(26)19(25)18(24)15(11-23)27-21)28-16(12)10-13-5-7-14(8-6-13)22(2,3)4/h5-8,15,17-21,23-26H,9-11H2,1-4H3/t15-,17?,18-,19+,20-,21+/m1/s1. The van der Waals surface area contributed by atoms with Crippen molar-refractivity contribution >= 4 is 11.8 Å². The molecule has 156 valence electrons. The zero-order valence-corrected chi connectivity index (χ0v) is 17.8. The Labute approximate surface area is 171 Å². The molecule has 0 saturated carbocycles. The van der Waals surface area contributed by atoms with Crippen molar-refractivity contribution in [3.05, 3.63) is 45.9 Å². The second-order valence-electron chi connectivity index (χ2n) is 8.98. The third-order valence-corrected chi connectivity index (χ3v) is 7.27. The van der Waals surface area contributed by atoms with E-state index in [-0.39, 0.29) is 10.7 Å². The van der Waals surface area contributed by atoms with Crippen LogP contribution in [0.1, 0.15) is 45.2 Å². The van der Waals surface area contributed by atoms with Gasteiger partial charge in [-0.3, -0.25) is 0 Å². The van der Waals surface area contributed by atoms with Gasteiger partial charge in [-0.15, -0.1) is 11.8 Å². The van der Waals surface area contributed by atoms with Gasteiger partial charge in [-0.05, 0) is 34.8 Å². The van der Waals surface area contributed by atoms with E-state index in [1.165, 1.54) is 21.6 Å². The Morgan fingerprint density at radius 2 is 1.68 bits per heavy atom. The normalized spacial score (nSPS) is 34.1. The van der Waals surface area contributed by atoms with E-state index in [0.29, 0.717) is 0 Å². The van der Waals surface area contributed by atoms with Crippen LogP contribution in [0.2, 0.25) is 0 Å². The lowest BCUT2D eigenvalue weighted by Crippen LogP contribution is -2.60. The van der Waals surface area contributed by atoms with Gasteiger partial charge in [0.15, 0.2) is 0 Å². The van der Waals surface area contributed by atoms with Crippen LogP contribution in [0.4, 0.5) is 0 Å². The maximum Gasteiger partial charge on any atom is 0.111 e. The number of ether oxygens (including phenoxy) is 1. The average Bonchev–Trinajstić information content (AvgIpc) is 3.00. The van der Waals surface area contributed by atoms with Crippen LogP contribution in [0, 0.1) is 0 Å². The fourth-order valence-corrected chi connectivity index (χ4v) is 5.45. The lowest BCUT2D eigenvalue weighted by Gasteiger charge is -2.42. The van der Waals surface area contributed by atoms with Gasteiger partial charge in [-0.25, -0.2) is 0 Å². The molecular formula is C22H32O5S. The molecular weight excluding hydrogens is 376 g/mol. The summed E-state index contributed by atoms with van der Waals surface area (Å²) < 4.78 is 5.76. The van der Waals surface area contributed by atoms with Crippen molar-refractivity contribution in [1.29, 1.82) is 0 Å². The number of rotatable bonds is 4. The van der Waals surface area contributed by atoms with E-state index < -0.39 is 37.1 Å². The number of aliphatic hydroxyl groups is 4. The van der Waals surface area contributed by atoms with Gasteiger partial charge in [0.2, 0.25) is 0 Å². The van der Waals surface area contributed by atoms with Gasteiger partial charge >= 0.3 is 0 Å². The molecule has 0 aromatic heterocycles. The number of hydrogen-bond acceptors (Lipinski definition) is 6. The molecule has 1 saturated heterocycles. The molecule has 1 aromatic carbocycles. The van der Waals surface area contributed by atoms with Gasteiger partial charge in [0.1, 0.15) is 24.4 Å². The summed E-state index contributed by atoms with van der Waals surface area (Å²) in [5, 5.41) is 39.8. The maximum atomic E-state index is 10.4. The lowest BCUT2D eigenvalue weighted by molar-refractivity contribution is -0.228. The molecule has 2 aliphatic rings. The first-order valence-electron chi connectivity index (χ1n) is 9.87. The number of benzene rings is 1. The Kier molecular flexibility index (Phi) is 6.59. The zero-order valence-electron chi connectivity index (χ0n) is 17.0. The van der Waals surface area contributed by atoms with Crippen LogP contribution in [0.15, 0.2) is 34.7 Å². The van der Waals surface area contributed by atoms with E-state index in [1.54, 1.807) is 11.8 Å². The summed E-state index contributed by atoms with van der Waals surface area (Å²) in [5.74, 6) is 0. The van der Waals surface area contributed by atoms with Crippen LogP contribution < -0.4 is 0 Å². The van der Waals surface area contributed by atoms with E-state index in [1.807, 2.05) is 0 Å². The van der Waals surface area contributed by atoms with Crippen LogP contribution in [0.3, 0.4) is 0 Å². The fraction of sp³-hybridized carbons (Fsp3) is 0.636. The van der Waals surface area contributed by atoms with Crippen molar-refractivity contribution in [3.8, 4) is 0 Å². The van der Waals surface area contributed by atoms with Gasteiger partial charge in [-0.1, -0.05) is 50.6 Å². The molecule has 1 unspecified atom stereocenters. The first-order valence-corrected chi connectivity index (χ1v) is 10.7. The van der Waals surface area contributed by atoms with Crippen molar-refractivity contribution in [3.63, 3.8) is 0 Å². The quantitative estimate of drug-likeness (QED) is 0.610. The highest BCUT2D eigenvalue weighted by Gasteiger charge is 2.47. The molecule has 1 fully saturated rings. The highest BCUT2D eigenvalue weighted by molar-refractivity contribution is 8.04. The number of aliphatic hydroxyl groups excluding tert-OH is 4. The summed E-state index contributed by atoms with van der Waals surface area (Å²) in [7, 11) is 0. The Morgan fingerprint density at radius 1 is 1.04 bits per heavy atom. The summed E-state index contributed by atoms with van der Waals surface area (Å²) in [6, 6.07) is 8.70. The third-order valence-electron chi connectivity index (χ3n) is 5.76. The van der Waals surface area contributed by atoms with Gasteiger partial charge < -0.3 is 25.2 Å². The molecule has 3 rings (SSSR count). The highest BCUT2D eigenvalue weighted by Crippen LogP contribution is 2.44. The minimum atomic E-state index is -1.31. The largest absolute Gasteiger partial charge is 0.394 e. The Bertz CT molecular complexity index is 707. The van der Waals surface area contributed by atoms with Crippen LogP contribution in [0.25, 0.3) is 0 Å². The topological polar surface area (TPSA) is 90.2 Å². The van der Waals surface area contributed by atoms with E-state index in [4.69, 9.17) is 4.74 Å². The fourth-order valence-electron chi connectivity index (χ4n) is 3.86. The zero-order chi connectivity index (χ0) is 20.6. The van der Waals surface area contributed by atoms with E-state index in [0.717, 1.165) is 12.8 Å². The first-order chi connectivity index (χ1) is 13.1. The van der Waals surface area contributed by atoms with Crippen molar-refractivity contribution in [2.45, 2.75) is 81.7 Å². The molecule has 28 heavy (non-hydrogen) atoms. The van der Waals surface area contributed by atoms with Gasteiger partial charge in [-0.2, -0.15) is 0 Å². The molecule has 4 N–H and O–H groups in total. The van der Waals surface area contributed by atoms with Crippen LogP contribution in [-0.2, 0) is 16.6 Å². The summed E-state index contributed by atoms with van der Waals surface area (Å²) >= 11 is 1.67. The maximum absolute atomic E-state index is 10.4. The molecule has 5 nitrogen and oxygen atoms in total. The molecule has 0 bridgehead atoms. The lowest BCUT2D eigenvalue weighted by atomic mass is 9.86. The van der Waals surface area contributed by atoms with Crippen LogP contribution >= 0.6 is 11.8 Å². The number of thioether (sulfide) groups is 1. The Morgan fingerprint density at radius 3 is 2.25 bits per heavy atom. The molecule has 0 amide bonds. The minimum absolute atomic E-state index is 0.0463. The molecule has 0 spiro atoms. The van der Waals surface area contributed by atoms with Crippen molar-refractivity contribution in [2.24, 2.45) is 0 Å². The van der Waals surface area contributed by atoms with E-state index in [9.17, 15) is 20.4 Å². The molecule has 6 atom stereocenters. The molecule has 2 aliphatic heterocycles. The summed E-state index contributed by atoms with van der Waals surface area (Å²) in [6.45, 7) is 8.31. The predicted octanol–water partition coefficient (Wildman–Crippen LogP) is 2.15. The number of allylic oxidation sites excluding steroid dienone is 2. The average molecular weight is 409 g/mol. The summed E-state index contributed by atoms with van der Waals surface area (Å²) in [6.07, 6.45) is -3.69. The van der Waals surface area contributed by atoms with Crippen molar-refractivity contribution in [2.75, 3.05) is 6.61 Å². The summed E-state index contributed by atoms with van der Waals surface area (Å²) in [5.41, 5.74) is 3.93. The number of hydrogen-bond donors (Lipinski definition) is 4. The minimum Gasteiger partial charge on any atom is -0.394 e. The van der Waals surface area contributed by atoms with Crippen molar-refractivity contribution in [1.82, 2.24) is 0 Å². The first kappa shape index (κ1) is 21.8. The van der Waals surface area contributed by atoms with Crippen LogP contribution in [-0.4, -0.2) is 62.8 Å². The van der Waals surface area contributed by atoms with Gasteiger partial charge in [0.25, 0.3) is 0 Å². The van der Waals surface area contributed by atoms with Gasteiger partial charge in [0.05, 0.1) is 12.7 Å².